The first-order valence-corrected chi connectivity index (χ1v) is 5.66. The Balaban J connectivity index is 0.00000162. The SMILES string of the molecule is Cl.O=C(Nc1ccc(F)c(F)c1)C1CCCCN1. The van der Waals surface area contributed by atoms with E-state index in [1.807, 2.05) is 0 Å². The highest BCUT2D eigenvalue weighted by atomic mass is 35.5. The molecular formula is C12H15ClF2N2O. The van der Waals surface area contributed by atoms with Crippen LogP contribution in [-0.4, -0.2) is 18.5 Å². The average molecular weight is 277 g/mol. The first kappa shape index (κ1) is 14.9. The highest BCUT2D eigenvalue weighted by Crippen LogP contribution is 2.15. The molecular weight excluding hydrogens is 262 g/mol. The molecule has 6 heteroatoms. The van der Waals surface area contributed by atoms with Gasteiger partial charge in [0.05, 0.1) is 6.04 Å². The van der Waals surface area contributed by atoms with Crippen molar-refractivity contribution >= 4 is 24.0 Å². The minimum Gasteiger partial charge on any atom is -0.325 e. The molecule has 1 aromatic carbocycles. The number of halogens is 3. The van der Waals surface area contributed by atoms with E-state index in [-0.39, 0.29) is 30.0 Å². The molecule has 3 nitrogen and oxygen atoms in total. The van der Waals surface area contributed by atoms with Crippen LogP contribution in [0.25, 0.3) is 0 Å². The molecule has 1 amide bonds. The number of amides is 1. The molecule has 1 unspecified atom stereocenters. The third-order valence-electron chi connectivity index (χ3n) is 2.81. The number of hydrogen-bond donors (Lipinski definition) is 2. The fourth-order valence-corrected chi connectivity index (χ4v) is 1.88. The molecule has 1 aromatic rings. The molecule has 1 heterocycles. The molecule has 0 aromatic heterocycles. The molecule has 18 heavy (non-hydrogen) atoms. The van der Waals surface area contributed by atoms with E-state index in [4.69, 9.17) is 0 Å². The van der Waals surface area contributed by atoms with Crippen molar-refractivity contribution in [3.8, 4) is 0 Å². The number of piperidine rings is 1. The predicted molar refractivity (Wildman–Crippen MR) is 67.9 cm³/mol. The summed E-state index contributed by atoms with van der Waals surface area (Å²) in [5, 5.41) is 5.66. The predicted octanol–water partition coefficient (Wildman–Crippen LogP) is 2.47. The number of carbonyl (C=O) groups excluding carboxylic acids is 1. The molecule has 0 bridgehead atoms. The van der Waals surface area contributed by atoms with E-state index < -0.39 is 11.6 Å². The molecule has 0 aliphatic carbocycles. The molecule has 0 spiro atoms. The van der Waals surface area contributed by atoms with E-state index in [1.54, 1.807) is 0 Å². The molecule has 1 atom stereocenters. The van der Waals surface area contributed by atoms with Gasteiger partial charge in [-0.25, -0.2) is 8.78 Å². The Hall–Kier alpha value is -1.20. The minimum atomic E-state index is -0.959. The summed E-state index contributed by atoms with van der Waals surface area (Å²) >= 11 is 0. The van der Waals surface area contributed by atoms with Crippen molar-refractivity contribution < 1.29 is 13.6 Å². The van der Waals surface area contributed by atoms with Crippen LogP contribution in [0.15, 0.2) is 18.2 Å². The summed E-state index contributed by atoms with van der Waals surface area (Å²) in [6, 6.07) is 3.09. The van der Waals surface area contributed by atoms with Gasteiger partial charge in [0.1, 0.15) is 0 Å². The van der Waals surface area contributed by atoms with Crippen LogP contribution in [0.5, 0.6) is 0 Å². The van der Waals surface area contributed by atoms with E-state index in [0.717, 1.165) is 37.9 Å². The smallest absolute Gasteiger partial charge is 0.241 e. The van der Waals surface area contributed by atoms with E-state index >= 15 is 0 Å². The summed E-state index contributed by atoms with van der Waals surface area (Å²) in [6.07, 6.45) is 2.84. The van der Waals surface area contributed by atoms with E-state index in [9.17, 15) is 13.6 Å². The fraction of sp³-hybridized carbons (Fsp3) is 0.417. The van der Waals surface area contributed by atoms with Gasteiger partial charge in [-0.2, -0.15) is 0 Å². The third-order valence-corrected chi connectivity index (χ3v) is 2.81. The standard InChI is InChI=1S/C12H14F2N2O.ClH/c13-9-5-4-8(7-10(9)14)16-12(17)11-3-1-2-6-15-11;/h4-5,7,11,15H,1-3,6H2,(H,16,17);1H. The Morgan fingerprint density at radius 3 is 2.67 bits per heavy atom. The molecule has 2 rings (SSSR count). The molecule has 1 fully saturated rings. The van der Waals surface area contributed by atoms with Crippen molar-refractivity contribution in [2.24, 2.45) is 0 Å². The Bertz CT molecular complexity index is 423. The van der Waals surface area contributed by atoms with Gasteiger partial charge in [-0.3, -0.25) is 4.79 Å². The summed E-state index contributed by atoms with van der Waals surface area (Å²) in [6.45, 7) is 0.815. The van der Waals surface area contributed by atoms with Gasteiger partial charge in [-0.05, 0) is 31.5 Å². The quantitative estimate of drug-likeness (QED) is 0.871. The Kier molecular flexibility index (Phi) is 5.50. The second kappa shape index (κ2) is 6.66. The lowest BCUT2D eigenvalue weighted by molar-refractivity contribution is -0.118. The lowest BCUT2D eigenvalue weighted by atomic mass is 10.0. The van der Waals surface area contributed by atoms with Crippen molar-refractivity contribution in [2.45, 2.75) is 25.3 Å². The maximum Gasteiger partial charge on any atom is 0.241 e. The van der Waals surface area contributed by atoms with Gasteiger partial charge < -0.3 is 10.6 Å². The topological polar surface area (TPSA) is 41.1 Å². The average Bonchev–Trinajstić information content (AvgIpc) is 2.35. The van der Waals surface area contributed by atoms with Gasteiger partial charge in [-0.1, -0.05) is 6.42 Å². The highest BCUT2D eigenvalue weighted by Gasteiger charge is 2.20. The van der Waals surface area contributed by atoms with Crippen LogP contribution in [0.1, 0.15) is 19.3 Å². The number of carbonyl (C=O) groups is 1. The molecule has 2 N–H and O–H groups in total. The monoisotopic (exact) mass is 276 g/mol. The van der Waals surface area contributed by atoms with Crippen LogP contribution in [0.3, 0.4) is 0 Å². The molecule has 0 radical (unpaired) electrons. The van der Waals surface area contributed by atoms with Crippen molar-refractivity contribution in [3.05, 3.63) is 29.8 Å². The summed E-state index contributed by atoms with van der Waals surface area (Å²) < 4.78 is 25.6. The van der Waals surface area contributed by atoms with Gasteiger partial charge in [-0.15, -0.1) is 12.4 Å². The normalized spacial score (nSPS) is 18.9. The van der Waals surface area contributed by atoms with E-state index in [1.165, 1.54) is 6.07 Å². The Morgan fingerprint density at radius 2 is 2.06 bits per heavy atom. The number of rotatable bonds is 2. The maximum absolute atomic E-state index is 12.9. The van der Waals surface area contributed by atoms with Crippen molar-refractivity contribution in [1.29, 1.82) is 0 Å². The Morgan fingerprint density at radius 1 is 1.28 bits per heavy atom. The third kappa shape index (κ3) is 3.65. The summed E-state index contributed by atoms with van der Waals surface area (Å²) in [7, 11) is 0. The van der Waals surface area contributed by atoms with Gasteiger partial charge in [0, 0.05) is 11.8 Å². The van der Waals surface area contributed by atoms with Crippen molar-refractivity contribution in [1.82, 2.24) is 5.32 Å². The van der Waals surface area contributed by atoms with Gasteiger partial charge >= 0.3 is 0 Å². The van der Waals surface area contributed by atoms with Crippen molar-refractivity contribution in [3.63, 3.8) is 0 Å². The largest absolute Gasteiger partial charge is 0.325 e. The number of benzene rings is 1. The van der Waals surface area contributed by atoms with Gasteiger partial charge in [0.2, 0.25) is 5.91 Å². The zero-order chi connectivity index (χ0) is 12.3. The van der Waals surface area contributed by atoms with E-state index in [2.05, 4.69) is 10.6 Å². The van der Waals surface area contributed by atoms with Crippen LogP contribution in [0, 0.1) is 11.6 Å². The maximum atomic E-state index is 12.9. The number of nitrogens with one attached hydrogen (secondary N) is 2. The second-order valence-corrected chi connectivity index (χ2v) is 4.12. The molecule has 1 saturated heterocycles. The first-order valence-electron chi connectivity index (χ1n) is 5.66. The number of anilines is 1. The number of hydrogen-bond acceptors (Lipinski definition) is 2. The van der Waals surface area contributed by atoms with Crippen LogP contribution >= 0.6 is 12.4 Å². The van der Waals surface area contributed by atoms with Gasteiger partial charge in [0.15, 0.2) is 11.6 Å². The van der Waals surface area contributed by atoms with Crippen LogP contribution < -0.4 is 10.6 Å². The Labute approximate surface area is 110 Å². The fourth-order valence-electron chi connectivity index (χ4n) is 1.88. The minimum absolute atomic E-state index is 0. The second-order valence-electron chi connectivity index (χ2n) is 4.12. The first-order chi connectivity index (χ1) is 8.16. The summed E-state index contributed by atoms with van der Waals surface area (Å²) in [4.78, 5) is 11.8. The van der Waals surface area contributed by atoms with E-state index in [0.29, 0.717) is 0 Å². The van der Waals surface area contributed by atoms with Crippen LogP contribution in [-0.2, 0) is 4.79 Å². The zero-order valence-electron chi connectivity index (χ0n) is 9.71. The lowest BCUT2D eigenvalue weighted by Crippen LogP contribution is -2.43. The van der Waals surface area contributed by atoms with Crippen LogP contribution in [0.4, 0.5) is 14.5 Å². The zero-order valence-corrected chi connectivity index (χ0v) is 10.5. The van der Waals surface area contributed by atoms with Crippen molar-refractivity contribution in [2.75, 3.05) is 11.9 Å². The molecule has 1 aliphatic heterocycles. The highest BCUT2D eigenvalue weighted by molar-refractivity contribution is 5.94. The van der Waals surface area contributed by atoms with Crippen LogP contribution in [0.2, 0.25) is 0 Å². The molecule has 100 valence electrons. The van der Waals surface area contributed by atoms with Gasteiger partial charge in [0.25, 0.3) is 0 Å². The molecule has 1 aliphatic rings. The lowest BCUT2D eigenvalue weighted by Gasteiger charge is -2.22. The summed E-state index contributed by atoms with van der Waals surface area (Å²) in [5.74, 6) is -2.08. The summed E-state index contributed by atoms with van der Waals surface area (Å²) in [5.41, 5.74) is 0.279. The molecule has 0 saturated carbocycles.